The molecule has 0 aromatic heterocycles. The zero-order valence-electron chi connectivity index (χ0n) is 17.5. The average molecular weight is 419 g/mol. The Kier molecular flexibility index (Phi) is 8.08. The molecule has 0 saturated carbocycles. The van der Waals surface area contributed by atoms with Gasteiger partial charge in [0.05, 0.1) is 18.5 Å². The first kappa shape index (κ1) is 22.7. The second kappa shape index (κ2) is 10.3. The van der Waals surface area contributed by atoms with Crippen LogP contribution in [-0.2, 0) is 21.2 Å². The van der Waals surface area contributed by atoms with E-state index in [1.807, 2.05) is 43.3 Å². The molecule has 1 atom stereocenters. The number of rotatable bonds is 10. The van der Waals surface area contributed by atoms with E-state index in [0.717, 1.165) is 24.0 Å². The minimum Gasteiger partial charge on any atom is -0.492 e. The maximum Gasteiger partial charge on any atom is 0.244 e. The van der Waals surface area contributed by atoms with Gasteiger partial charge in [-0.15, -0.1) is 0 Å². The molecule has 1 N–H and O–H groups in total. The van der Waals surface area contributed by atoms with E-state index in [-0.39, 0.29) is 12.5 Å². The summed E-state index contributed by atoms with van der Waals surface area (Å²) in [5.41, 5.74) is 2.73. The average Bonchev–Trinajstić information content (AvgIpc) is 2.69. The van der Waals surface area contributed by atoms with Crippen LogP contribution in [0.1, 0.15) is 31.4 Å². The zero-order chi connectivity index (χ0) is 21.4. The van der Waals surface area contributed by atoms with Crippen molar-refractivity contribution in [3.05, 3.63) is 59.7 Å². The third kappa shape index (κ3) is 6.49. The Balaban J connectivity index is 2.00. The second-order valence-electron chi connectivity index (χ2n) is 6.96. The number of ether oxygens (including phenoxy) is 1. The summed E-state index contributed by atoms with van der Waals surface area (Å²) in [5, 5.41) is 2.79. The fourth-order valence-electron chi connectivity index (χ4n) is 3.03. The number of anilines is 1. The van der Waals surface area contributed by atoms with Gasteiger partial charge in [-0.2, -0.15) is 0 Å². The van der Waals surface area contributed by atoms with Crippen LogP contribution in [0.25, 0.3) is 0 Å². The molecule has 0 spiro atoms. The van der Waals surface area contributed by atoms with Crippen LogP contribution in [0.4, 0.5) is 5.69 Å². The first-order valence-corrected chi connectivity index (χ1v) is 11.7. The third-order valence-electron chi connectivity index (χ3n) is 4.62. The minimum atomic E-state index is -3.63. The van der Waals surface area contributed by atoms with Crippen LogP contribution < -0.4 is 14.4 Å². The standard InChI is InChI=1S/C22H30N2O4S/c1-5-18-9-13-20(14-10-18)28-16-15-23-22(25)21(6-2)24(29(4,26)27)19-11-7-17(3)8-12-19/h7-14,21H,5-6,15-16H2,1-4H3,(H,23,25)/t21-/m1/s1. The lowest BCUT2D eigenvalue weighted by Crippen LogP contribution is -2.50. The molecule has 0 heterocycles. The molecule has 158 valence electrons. The highest BCUT2D eigenvalue weighted by molar-refractivity contribution is 7.92. The van der Waals surface area contributed by atoms with Crippen LogP contribution in [-0.4, -0.2) is 39.8 Å². The van der Waals surface area contributed by atoms with E-state index in [1.54, 1.807) is 19.1 Å². The first-order valence-electron chi connectivity index (χ1n) is 9.81. The van der Waals surface area contributed by atoms with E-state index >= 15 is 0 Å². The molecule has 0 radical (unpaired) electrons. The van der Waals surface area contributed by atoms with E-state index in [2.05, 4.69) is 12.2 Å². The van der Waals surface area contributed by atoms with Gasteiger partial charge in [-0.3, -0.25) is 9.10 Å². The molecule has 0 aliphatic rings. The molecular weight excluding hydrogens is 388 g/mol. The molecule has 2 aromatic rings. The smallest absolute Gasteiger partial charge is 0.244 e. The Hall–Kier alpha value is -2.54. The topological polar surface area (TPSA) is 75.7 Å². The summed E-state index contributed by atoms with van der Waals surface area (Å²) in [4.78, 5) is 12.7. The van der Waals surface area contributed by atoms with E-state index in [0.29, 0.717) is 18.7 Å². The lowest BCUT2D eigenvalue weighted by molar-refractivity contribution is -0.122. The number of carbonyl (C=O) groups is 1. The number of amides is 1. The first-order chi connectivity index (χ1) is 13.8. The van der Waals surface area contributed by atoms with E-state index in [9.17, 15) is 13.2 Å². The maximum atomic E-state index is 12.7. The molecule has 2 rings (SSSR count). The highest BCUT2D eigenvalue weighted by atomic mass is 32.2. The lowest BCUT2D eigenvalue weighted by Gasteiger charge is -2.30. The minimum absolute atomic E-state index is 0.288. The predicted octanol–water partition coefficient (Wildman–Crippen LogP) is 3.30. The molecule has 0 unspecified atom stereocenters. The molecule has 2 aromatic carbocycles. The zero-order valence-corrected chi connectivity index (χ0v) is 18.3. The second-order valence-corrected chi connectivity index (χ2v) is 8.81. The van der Waals surface area contributed by atoms with E-state index in [1.165, 1.54) is 9.87 Å². The molecule has 0 aliphatic carbocycles. The van der Waals surface area contributed by atoms with Crippen LogP contribution in [0.15, 0.2) is 48.5 Å². The highest BCUT2D eigenvalue weighted by Gasteiger charge is 2.31. The van der Waals surface area contributed by atoms with Crippen LogP contribution in [0.5, 0.6) is 5.75 Å². The molecular formula is C22H30N2O4S. The SMILES string of the molecule is CCc1ccc(OCCNC(=O)[C@@H](CC)N(c2ccc(C)cc2)S(C)(=O)=O)cc1. The molecule has 6 nitrogen and oxygen atoms in total. The summed E-state index contributed by atoms with van der Waals surface area (Å²) in [5.74, 6) is 0.393. The summed E-state index contributed by atoms with van der Waals surface area (Å²) < 4.78 is 31.7. The van der Waals surface area contributed by atoms with E-state index in [4.69, 9.17) is 4.74 Å². The summed E-state index contributed by atoms with van der Waals surface area (Å²) >= 11 is 0. The van der Waals surface area contributed by atoms with Crippen molar-refractivity contribution in [1.82, 2.24) is 5.32 Å². The Bertz CT molecular complexity index is 893. The highest BCUT2D eigenvalue weighted by Crippen LogP contribution is 2.23. The molecule has 0 aliphatic heterocycles. The molecule has 0 fully saturated rings. The van der Waals surface area contributed by atoms with Crippen molar-refractivity contribution in [2.24, 2.45) is 0 Å². The van der Waals surface area contributed by atoms with Crippen molar-refractivity contribution in [2.75, 3.05) is 23.7 Å². The van der Waals surface area contributed by atoms with Crippen molar-refractivity contribution in [2.45, 2.75) is 39.7 Å². The molecule has 29 heavy (non-hydrogen) atoms. The maximum absolute atomic E-state index is 12.7. The van der Waals surface area contributed by atoms with Crippen molar-refractivity contribution >= 4 is 21.6 Å². The van der Waals surface area contributed by atoms with Gasteiger partial charge in [-0.1, -0.05) is 43.7 Å². The van der Waals surface area contributed by atoms with Crippen molar-refractivity contribution in [3.63, 3.8) is 0 Å². The third-order valence-corrected chi connectivity index (χ3v) is 5.80. The Morgan fingerprint density at radius 2 is 1.69 bits per heavy atom. The number of benzene rings is 2. The summed E-state index contributed by atoms with van der Waals surface area (Å²) in [6.45, 7) is 6.40. The van der Waals surface area contributed by atoms with Crippen molar-refractivity contribution in [1.29, 1.82) is 0 Å². The van der Waals surface area contributed by atoms with Crippen LogP contribution >= 0.6 is 0 Å². The number of sulfonamides is 1. The molecule has 0 bridgehead atoms. The predicted molar refractivity (Wildman–Crippen MR) is 117 cm³/mol. The quantitative estimate of drug-likeness (QED) is 0.601. The number of hydrogen-bond donors (Lipinski definition) is 1. The summed E-state index contributed by atoms with van der Waals surface area (Å²) in [7, 11) is -3.63. The van der Waals surface area contributed by atoms with Crippen LogP contribution in [0.3, 0.4) is 0 Å². The summed E-state index contributed by atoms with van der Waals surface area (Å²) in [6.07, 6.45) is 2.44. The Morgan fingerprint density at radius 3 is 2.21 bits per heavy atom. The molecule has 7 heteroatoms. The monoisotopic (exact) mass is 418 g/mol. The fourth-order valence-corrected chi connectivity index (χ4v) is 4.25. The van der Waals surface area contributed by atoms with E-state index < -0.39 is 16.1 Å². The van der Waals surface area contributed by atoms with Gasteiger partial charge in [-0.25, -0.2) is 8.42 Å². The number of nitrogens with one attached hydrogen (secondary N) is 1. The number of carbonyl (C=O) groups excluding carboxylic acids is 1. The van der Waals surface area contributed by atoms with Gasteiger partial charge in [0.1, 0.15) is 18.4 Å². The van der Waals surface area contributed by atoms with Gasteiger partial charge in [0.25, 0.3) is 0 Å². The number of nitrogens with zero attached hydrogens (tertiary/aromatic N) is 1. The fraction of sp³-hybridized carbons (Fsp3) is 0.409. The Morgan fingerprint density at radius 1 is 1.07 bits per heavy atom. The van der Waals surface area contributed by atoms with Gasteiger partial charge in [0, 0.05) is 0 Å². The van der Waals surface area contributed by atoms with Crippen LogP contribution in [0.2, 0.25) is 0 Å². The van der Waals surface area contributed by atoms with Crippen LogP contribution in [0, 0.1) is 6.92 Å². The molecule has 0 saturated heterocycles. The lowest BCUT2D eigenvalue weighted by atomic mass is 10.1. The van der Waals surface area contributed by atoms with Gasteiger partial charge in [-0.05, 0) is 49.6 Å². The van der Waals surface area contributed by atoms with Gasteiger partial charge < -0.3 is 10.1 Å². The largest absolute Gasteiger partial charge is 0.492 e. The Labute approximate surface area is 173 Å². The number of aryl methyl sites for hydroxylation is 2. The van der Waals surface area contributed by atoms with Crippen molar-refractivity contribution in [3.8, 4) is 5.75 Å². The number of hydrogen-bond acceptors (Lipinski definition) is 4. The van der Waals surface area contributed by atoms with Gasteiger partial charge in [0.2, 0.25) is 15.9 Å². The molecule has 1 amide bonds. The normalized spacial score (nSPS) is 12.3. The van der Waals surface area contributed by atoms with Gasteiger partial charge >= 0.3 is 0 Å². The summed E-state index contributed by atoms with van der Waals surface area (Å²) in [6, 6.07) is 14.1. The van der Waals surface area contributed by atoms with Crippen molar-refractivity contribution < 1.29 is 17.9 Å². The van der Waals surface area contributed by atoms with Gasteiger partial charge in [0.15, 0.2) is 0 Å².